The van der Waals surface area contributed by atoms with Crippen molar-refractivity contribution >= 4 is 17.9 Å². The number of nitrogens with zero attached hydrogens (tertiary/aromatic N) is 3. The van der Waals surface area contributed by atoms with E-state index in [-0.39, 0.29) is 18.4 Å². The molecule has 0 saturated carbocycles. The van der Waals surface area contributed by atoms with Gasteiger partial charge in [-0.05, 0) is 27.2 Å². The summed E-state index contributed by atoms with van der Waals surface area (Å²) in [7, 11) is 3.19. The standard InChI is InChI=1S/C16H31N3O4/c1-8-9-19(13(2)20)11-10-17(6)14(21)12-18(7)15(22)23-16(3,4)5/h8-12H2,1-7H3. The molecule has 0 aliphatic rings. The summed E-state index contributed by atoms with van der Waals surface area (Å²) < 4.78 is 5.21. The first-order valence-electron chi connectivity index (χ1n) is 7.91. The van der Waals surface area contributed by atoms with E-state index in [1.165, 1.54) is 23.8 Å². The van der Waals surface area contributed by atoms with E-state index in [4.69, 9.17) is 4.74 Å². The number of carbonyl (C=O) groups excluding carboxylic acids is 3. The van der Waals surface area contributed by atoms with Crippen molar-refractivity contribution in [3.63, 3.8) is 0 Å². The maximum absolute atomic E-state index is 12.1. The average Bonchev–Trinajstić information content (AvgIpc) is 2.40. The first kappa shape index (κ1) is 21.2. The van der Waals surface area contributed by atoms with Crippen LogP contribution >= 0.6 is 0 Å². The molecule has 0 aliphatic heterocycles. The highest BCUT2D eigenvalue weighted by atomic mass is 16.6. The molecule has 0 N–H and O–H groups in total. The van der Waals surface area contributed by atoms with Crippen molar-refractivity contribution in [2.75, 3.05) is 40.3 Å². The van der Waals surface area contributed by atoms with Crippen LogP contribution < -0.4 is 0 Å². The van der Waals surface area contributed by atoms with E-state index in [0.29, 0.717) is 19.6 Å². The zero-order valence-corrected chi connectivity index (χ0v) is 15.5. The van der Waals surface area contributed by atoms with Crippen LogP contribution in [0.25, 0.3) is 0 Å². The predicted molar refractivity (Wildman–Crippen MR) is 89.0 cm³/mol. The summed E-state index contributed by atoms with van der Waals surface area (Å²) in [6.07, 6.45) is 0.342. The molecule has 7 heteroatoms. The number of carbonyl (C=O) groups is 3. The summed E-state index contributed by atoms with van der Waals surface area (Å²) >= 11 is 0. The fraction of sp³-hybridized carbons (Fsp3) is 0.812. The van der Waals surface area contributed by atoms with Crippen LogP contribution in [0.2, 0.25) is 0 Å². The Morgan fingerprint density at radius 2 is 1.52 bits per heavy atom. The Balaban J connectivity index is 4.39. The Labute approximate surface area is 139 Å². The molecule has 23 heavy (non-hydrogen) atoms. The summed E-state index contributed by atoms with van der Waals surface area (Å²) in [4.78, 5) is 39.9. The number of ether oxygens (including phenoxy) is 1. The van der Waals surface area contributed by atoms with E-state index in [1.54, 1.807) is 32.7 Å². The quantitative estimate of drug-likeness (QED) is 0.711. The van der Waals surface area contributed by atoms with Crippen molar-refractivity contribution < 1.29 is 19.1 Å². The van der Waals surface area contributed by atoms with E-state index in [0.717, 1.165) is 6.42 Å². The fourth-order valence-corrected chi connectivity index (χ4v) is 1.82. The summed E-state index contributed by atoms with van der Waals surface area (Å²) in [5.74, 6) is -0.197. The Kier molecular flexibility index (Phi) is 8.64. The van der Waals surface area contributed by atoms with Crippen molar-refractivity contribution in [3.05, 3.63) is 0 Å². The second-order valence-electron chi connectivity index (χ2n) is 6.66. The lowest BCUT2D eigenvalue weighted by Crippen LogP contribution is -2.44. The van der Waals surface area contributed by atoms with E-state index in [9.17, 15) is 14.4 Å². The molecule has 0 atom stereocenters. The van der Waals surface area contributed by atoms with Crippen LogP contribution in [0.4, 0.5) is 4.79 Å². The summed E-state index contributed by atoms with van der Waals surface area (Å²) in [6, 6.07) is 0. The molecule has 0 unspecified atom stereocenters. The van der Waals surface area contributed by atoms with Crippen LogP contribution in [0, 0.1) is 0 Å². The van der Waals surface area contributed by atoms with Crippen LogP contribution in [-0.4, -0.2) is 78.5 Å². The Hall–Kier alpha value is -1.79. The molecule has 3 amide bonds. The molecule has 0 rings (SSSR count). The molecule has 0 bridgehead atoms. The van der Waals surface area contributed by atoms with Gasteiger partial charge in [-0.15, -0.1) is 0 Å². The van der Waals surface area contributed by atoms with Crippen molar-refractivity contribution in [2.45, 2.75) is 46.6 Å². The highest BCUT2D eigenvalue weighted by Gasteiger charge is 2.22. The molecule has 0 aliphatic carbocycles. The third kappa shape index (κ3) is 9.05. The number of amides is 3. The number of hydrogen-bond donors (Lipinski definition) is 0. The van der Waals surface area contributed by atoms with Gasteiger partial charge in [0, 0.05) is 40.7 Å². The minimum Gasteiger partial charge on any atom is -0.444 e. The Morgan fingerprint density at radius 3 is 1.96 bits per heavy atom. The smallest absolute Gasteiger partial charge is 0.410 e. The summed E-state index contributed by atoms with van der Waals surface area (Å²) in [6.45, 7) is 10.4. The van der Waals surface area contributed by atoms with Crippen LogP contribution in [0.1, 0.15) is 41.0 Å². The van der Waals surface area contributed by atoms with Crippen molar-refractivity contribution in [2.24, 2.45) is 0 Å². The number of hydrogen-bond acceptors (Lipinski definition) is 4. The van der Waals surface area contributed by atoms with Crippen molar-refractivity contribution in [1.82, 2.24) is 14.7 Å². The van der Waals surface area contributed by atoms with E-state index in [2.05, 4.69) is 0 Å². The number of rotatable bonds is 7. The van der Waals surface area contributed by atoms with Crippen LogP contribution in [0.3, 0.4) is 0 Å². The molecule has 0 spiro atoms. The van der Waals surface area contributed by atoms with Gasteiger partial charge in [0.05, 0.1) is 0 Å². The molecular weight excluding hydrogens is 298 g/mol. The third-order valence-electron chi connectivity index (χ3n) is 3.15. The van der Waals surface area contributed by atoms with Gasteiger partial charge < -0.3 is 19.4 Å². The van der Waals surface area contributed by atoms with Gasteiger partial charge in [-0.25, -0.2) is 4.79 Å². The minimum absolute atomic E-state index is 0.00132. The first-order valence-corrected chi connectivity index (χ1v) is 7.91. The fourth-order valence-electron chi connectivity index (χ4n) is 1.82. The lowest BCUT2D eigenvalue weighted by molar-refractivity contribution is -0.133. The first-order chi connectivity index (χ1) is 10.5. The Bertz CT molecular complexity index is 418. The zero-order valence-electron chi connectivity index (χ0n) is 15.5. The van der Waals surface area contributed by atoms with Gasteiger partial charge in [-0.1, -0.05) is 6.92 Å². The molecule has 0 aromatic carbocycles. The molecule has 0 fully saturated rings. The highest BCUT2D eigenvalue weighted by Crippen LogP contribution is 2.09. The van der Waals surface area contributed by atoms with Gasteiger partial charge in [0.25, 0.3) is 0 Å². The normalized spacial score (nSPS) is 10.9. The van der Waals surface area contributed by atoms with Gasteiger partial charge in [0.2, 0.25) is 11.8 Å². The van der Waals surface area contributed by atoms with Crippen molar-refractivity contribution in [3.8, 4) is 0 Å². The predicted octanol–water partition coefficient (Wildman–Crippen LogP) is 1.57. The van der Waals surface area contributed by atoms with Gasteiger partial charge in [-0.2, -0.15) is 0 Å². The van der Waals surface area contributed by atoms with Crippen LogP contribution in [0.5, 0.6) is 0 Å². The molecular formula is C16H31N3O4. The van der Waals surface area contributed by atoms with Crippen LogP contribution in [-0.2, 0) is 14.3 Å². The molecule has 0 saturated heterocycles. The molecule has 0 aromatic rings. The average molecular weight is 329 g/mol. The monoisotopic (exact) mass is 329 g/mol. The molecule has 0 radical (unpaired) electrons. The third-order valence-corrected chi connectivity index (χ3v) is 3.15. The molecule has 7 nitrogen and oxygen atoms in total. The second-order valence-corrected chi connectivity index (χ2v) is 6.66. The second kappa shape index (κ2) is 9.37. The Morgan fingerprint density at radius 1 is 0.957 bits per heavy atom. The van der Waals surface area contributed by atoms with Crippen molar-refractivity contribution in [1.29, 1.82) is 0 Å². The lowest BCUT2D eigenvalue weighted by atomic mass is 10.2. The lowest BCUT2D eigenvalue weighted by Gasteiger charge is -2.27. The summed E-state index contributed by atoms with van der Waals surface area (Å²) in [5.41, 5.74) is -0.595. The topological polar surface area (TPSA) is 70.2 Å². The van der Waals surface area contributed by atoms with Gasteiger partial charge >= 0.3 is 6.09 Å². The molecule has 134 valence electrons. The van der Waals surface area contributed by atoms with E-state index < -0.39 is 11.7 Å². The summed E-state index contributed by atoms with van der Waals surface area (Å²) in [5, 5.41) is 0. The minimum atomic E-state index is -0.595. The SMILES string of the molecule is CCCN(CCN(C)C(=O)CN(C)C(=O)OC(C)(C)C)C(C)=O. The van der Waals surface area contributed by atoms with Gasteiger partial charge in [0.1, 0.15) is 12.1 Å². The number of likely N-dealkylation sites (N-methyl/N-ethyl adjacent to an activating group) is 2. The maximum Gasteiger partial charge on any atom is 0.410 e. The van der Waals surface area contributed by atoms with Crippen LogP contribution in [0.15, 0.2) is 0 Å². The van der Waals surface area contributed by atoms with Gasteiger partial charge in [0.15, 0.2) is 0 Å². The van der Waals surface area contributed by atoms with E-state index >= 15 is 0 Å². The van der Waals surface area contributed by atoms with Gasteiger partial charge in [-0.3, -0.25) is 9.59 Å². The highest BCUT2D eigenvalue weighted by molar-refractivity contribution is 5.82. The maximum atomic E-state index is 12.1. The zero-order chi connectivity index (χ0) is 18.2. The molecule has 0 heterocycles. The van der Waals surface area contributed by atoms with E-state index in [1.807, 2.05) is 6.92 Å². The largest absolute Gasteiger partial charge is 0.444 e. The molecule has 0 aromatic heterocycles.